The van der Waals surface area contributed by atoms with Crippen LogP contribution in [0.5, 0.6) is 0 Å². The molecule has 8 heteroatoms. The summed E-state index contributed by atoms with van der Waals surface area (Å²) in [5.74, 6) is 0. The number of aryl methyl sites for hydroxylation is 1. The summed E-state index contributed by atoms with van der Waals surface area (Å²) in [6.07, 6.45) is 1.68. The molecule has 0 saturated carbocycles. The second-order valence-corrected chi connectivity index (χ2v) is 6.55. The number of hydrogen-bond acceptors (Lipinski definition) is 4. The zero-order valence-electron chi connectivity index (χ0n) is 10.8. The Balaban J connectivity index is 2.36. The molecule has 1 saturated heterocycles. The van der Waals surface area contributed by atoms with Gasteiger partial charge in [0.2, 0.25) is 0 Å². The molecule has 7 nitrogen and oxygen atoms in total. The Morgan fingerprint density at radius 3 is 2.83 bits per heavy atom. The maximum atomic E-state index is 12.3. The fraction of sp³-hybridized carbons (Fsp3) is 0.700. The maximum absolute atomic E-state index is 12.3. The number of ether oxygens (including phenoxy) is 1. The average Bonchev–Trinajstić information content (AvgIpc) is 2.75. The number of nitrogens with zero attached hydrogens (tertiary/aromatic N) is 3. The quantitative estimate of drug-likeness (QED) is 0.834. The van der Waals surface area contributed by atoms with Crippen molar-refractivity contribution in [3.05, 3.63) is 17.5 Å². The van der Waals surface area contributed by atoms with Gasteiger partial charge < -0.3 is 4.74 Å². The first-order valence-electron chi connectivity index (χ1n) is 5.71. The van der Waals surface area contributed by atoms with E-state index in [-0.39, 0.29) is 6.04 Å². The minimum absolute atomic E-state index is 0.339. The largest absolute Gasteiger partial charge is 0.378 e. The number of morpholine rings is 1. The van der Waals surface area contributed by atoms with Crippen molar-refractivity contribution < 1.29 is 13.2 Å². The minimum atomic E-state index is -3.45. The molecule has 0 radical (unpaired) electrons. The highest BCUT2D eigenvalue weighted by atomic mass is 32.2. The van der Waals surface area contributed by atoms with E-state index in [9.17, 15) is 8.42 Å². The number of aromatic nitrogens is 2. The van der Waals surface area contributed by atoms with Gasteiger partial charge in [-0.2, -0.15) is 22.1 Å². The van der Waals surface area contributed by atoms with Gasteiger partial charge in [0, 0.05) is 20.6 Å². The van der Waals surface area contributed by atoms with E-state index in [1.807, 2.05) is 6.92 Å². The van der Waals surface area contributed by atoms with Crippen LogP contribution in [0.1, 0.15) is 17.3 Å². The second-order valence-electron chi connectivity index (χ2n) is 4.46. The number of nitrogens with one attached hydrogen (secondary N) is 1. The first kappa shape index (κ1) is 13.5. The molecule has 18 heavy (non-hydrogen) atoms. The third kappa shape index (κ3) is 2.28. The molecular formula is C10H18N4O3S. The molecule has 2 rings (SSSR count). The van der Waals surface area contributed by atoms with Crippen LogP contribution < -0.4 is 0 Å². The molecule has 0 amide bonds. The minimum Gasteiger partial charge on any atom is -0.378 e. The number of H-pyrrole nitrogens is 1. The molecule has 0 bridgehead atoms. The van der Waals surface area contributed by atoms with Crippen LogP contribution in [0.3, 0.4) is 0 Å². The zero-order chi connectivity index (χ0) is 13.3. The van der Waals surface area contributed by atoms with Crippen molar-refractivity contribution in [1.29, 1.82) is 0 Å². The molecule has 1 atom stereocenters. The molecule has 1 aromatic rings. The van der Waals surface area contributed by atoms with Gasteiger partial charge in [-0.1, -0.05) is 0 Å². The molecule has 1 aliphatic heterocycles. The summed E-state index contributed by atoms with van der Waals surface area (Å²) in [6, 6.07) is -0.339. The molecule has 0 aromatic carbocycles. The van der Waals surface area contributed by atoms with Crippen molar-refractivity contribution in [2.24, 2.45) is 0 Å². The molecule has 0 aliphatic carbocycles. The van der Waals surface area contributed by atoms with Gasteiger partial charge in [-0.3, -0.25) is 5.10 Å². The molecule has 1 N–H and O–H groups in total. The standard InChI is InChI=1S/C10H18N4O3S/c1-8-6-11-12-10(8)9-7-17-5-4-14(9)18(15,16)13(2)3/h6,9H,4-5,7H2,1-3H3,(H,11,12)/t9-/m0/s1. The molecule has 2 heterocycles. The summed E-state index contributed by atoms with van der Waals surface area (Å²) in [5.41, 5.74) is 1.73. The Morgan fingerprint density at radius 1 is 1.56 bits per heavy atom. The zero-order valence-corrected chi connectivity index (χ0v) is 11.6. The van der Waals surface area contributed by atoms with Crippen LogP contribution in [0, 0.1) is 6.92 Å². The van der Waals surface area contributed by atoms with Crippen LogP contribution in [0.15, 0.2) is 6.20 Å². The second kappa shape index (κ2) is 4.96. The maximum Gasteiger partial charge on any atom is 0.282 e. The van der Waals surface area contributed by atoms with Crippen LogP contribution in [-0.4, -0.2) is 61.1 Å². The Hall–Kier alpha value is -0.960. The Morgan fingerprint density at radius 2 is 2.28 bits per heavy atom. The third-order valence-corrected chi connectivity index (χ3v) is 4.99. The van der Waals surface area contributed by atoms with Crippen molar-refractivity contribution in [3.8, 4) is 0 Å². The normalized spacial score (nSPS) is 22.6. The summed E-state index contributed by atoms with van der Waals surface area (Å²) in [7, 11) is -0.394. The summed E-state index contributed by atoms with van der Waals surface area (Å²) in [5, 5.41) is 6.80. The van der Waals surface area contributed by atoms with Crippen LogP contribution in [0.25, 0.3) is 0 Å². The van der Waals surface area contributed by atoms with Crippen molar-refractivity contribution >= 4 is 10.2 Å². The van der Waals surface area contributed by atoms with Crippen molar-refractivity contribution in [2.75, 3.05) is 33.9 Å². The number of hydrogen-bond donors (Lipinski definition) is 1. The fourth-order valence-electron chi connectivity index (χ4n) is 2.00. The van der Waals surface area contributed by atoms with Crippen LogP contribution in [0.2, 0.25) is 0 Å². The van der Waals surface area contributed by atoms with Gasteiger partial charge in [0.25, 0.3) is 10.2 Å². The van der Waals surface area contributed by atoms with Gasteiger partial charge >= 0.3 is 0 Å². The summed E-state index contributed by atoms with van der Waals surface area (Å²) in [4.78, 5) is 0. The van der Waals surface area contributed by atoms with Gasteiger partial charge in [-0.05, 0) is 12.5 Å². The van der Waals surface area contributed by atoms with Gasteiger partial charge in [-0.15, -0.1) is 0 Å². The smallest absolute Gasteiger partial charge is 0.282 e. The van der Waals surface area contributed by atoms with E-state index in [1.165, 1.54) is 22.7 Å². The highest BCUT2D eigenvalue weighted by molar-refractivity contribution is 7.86. The van der Waals surface area contributed by atoms with Gasteiger partial charge in [0.05, 0.1) is 31.1 Å². The lowest BCUT2D eigenvalue weighted by Gasteiger charge is -2.35. The first-order valence-corrected chi connectivity index (χ1v) is 7.11. The average molecular weight is 274 g/mol. The van der Waals surface area contributed by atoms with E-state index in [0.717, 1.165) is 11.3 Å². The van der Waals surface area contributed by atoms with Crippen molar-refractivity contribution in [3.63, 3.8) is 0 Å². The third-order valence-electron chi connectivity index (χ3n) is 3.04. The van der Waals surface area contributed by atoms with E-state index in [4.69, 9.17) is 4.74 Å². The Bertz CT molecular complexity index is 511. The summed E-state index contributed by atoms with van der Waals surface area (Å²) >= 11 is 0. The molecule has 102 valence electrons. The van der Waals surface area contributed by atoms with Crippen molar-refractivity contribution in [2.45, 2.75) is 13.0 Å². The highest BCUT2D eigenvalue weighted by Crippen LogP contribution is 2.28. The van der Waals surface area contributed by atoms with Gasteiger partial charge in [-0.25, -0.2) is 0 Å². The van der Waals surface area contributed by atoms with Crippen molar-refractivity contribution in [1.82, 2.24) is 18.8 Å². The molecule has 1 fully saturated rings. The highest BCUT2D eigenvalue weighted by Gasteiger charge is 2.36. The Labute approximate surface area is 107 Å². The number of rotatable bonds is 3. The monoisotopic (exact) mass is 274 g/mol. The number of aromatic amines is 1. The molecule has 1 aliphatic rings. The van der Waals surface area contributed by atoms with Crippen LogP contribution >= 0.6 is 0 Å². The lowest BCUT2D eigenvalue weighted by Crippen LogP contribution is -2.48. The van der Waals surface area contributed by atoms with E-state index in [1.54, 1.807) is 6.20 Å². The SMILES string of the molecule is Cc1cn[nH]c1[C@@H]1COCCN1S(=O)(=O)N(C)C. The van der Waals surface area contributed by atoms with E-state index < -0.39 is 10.2 Å². The van der Waals surface area contributed by atoms with E-state index >= 15 is 0 Å². The predicted octanol–water partition coefficient (Wildman–Crippen LogP) is -0.102. The summed E-state index contributed by atoms with van der Waals surface area (Å²) in [6.45, 7) is 3.00. The van der Waals surface area contributed by atoms with E-state index in [2.05, 4.69) is 10.2 Å². The lowest BCUT2D eigenvalue weighted by molar-refractivity contribution is 0.0282. The van der Waals surface area contributed by atoms with E-state index in [0.29, 0.717) is 19.8 Å². The van der Waals surface area contributed by atoms with Crippen LogP contribution in [-0.2, 0) is 14.9 Å². The fourth-order valence-corrected chi connectivity index (χ4v) is 3.21. The Kier molecular flexibility index (Phi) is 3.71. The predicted molar refractivity (Wildman–Crippen MR) is 66.2 cm³/mol. The molecule has 0 unspecified atom stereocenters. The molecule has 0 spiro atoms. The topological polar surface area (TPSA) is 78.5 Å². The van der Waals surface area contributed by atoms with Crippen LogP contribution in [0.4, 0.5) is 0 Å². The summed E-state index contributed by atoms with van der Waals surface area (Å²) < 4.78 is 32.6. The lowest BCUT2D eigenvalue weighted by atomic mass is 10.1. The molecular weight excluding hydrogens is 256 g/mol. The van der Waals surface area contributed by atoms with Gasteiger partial charge in [0.15, 0.2) is 0 Å². The molecule has 1 aromatic heterocycles. The van der Waals surface area contributed by atoms with Gasteiger partial charge in [0.1, 0.15) is 0 Å². The first-order chi connectivity index (χ1) is 8.44.